The van der Waals surface area contributed by atoms with Crippen molar-refractivity contribution in [3.8, 4) is 0 Å². The number of nitrogens with one attached hydrogen (secondary N) is 1. The molecule has 0 atom stereocenters. The highest BCUT2D eigenvalue weighted by Gasteiger charge is 2.11. The third-order valence-corrected chi connectivity index (χ3v) is 5.72. The first kappa shape index (κ1) is 29.3. The number of nitrogens with two attached hydrogens (primary N) is 1. The monoisotopic (exact) mass is 618 g/mol. The van der Waals surface area contributed by atoms with Crippen LogP contribution in [0.15, 0.2) is 48.8 Å². The first-order chi connectivity index (χ1) is 16.5. The largest absolute Gasteiger partial charge is 0.396 e. The van der Waals surface area contributed by atoms with Crippen molar-refractivity contribution < 1.29 is 8.78 Å². The van der Waals surface area contributed by atoms with E-state index in [0.29, 0.717) is 11.0 Å². The second-order valence-corrected chi connectivity index (χ2v) is 8.61. The molecule has 0 fully saturated rings. The Morgan fingerprint density at radius 3 is 1.71 bits per heavy atom. The molecule has 0 radical (unpaired) electrons. The Hall–Kier alpha value is -1.91. The molecule has 0 bridgehead atoms. The molecule has 0 aliphatic heterocycles. The van der Waals surface area contributed by atoms with Gasteiger partial charge in [-0.1, -0.05) is 58.0 Å². The Kier molecular flexibility index (Phi) is 11.7. The van der Waals surface area contributed by atoms with Crippen molar-refractivity contribution in [2.75, 3.05) is 11.1 Å². The lowest BCUT2D eigenvalue weighted by Gasteiger charge is -2.08. The molecule has 2 aromatic carbocycles. The van der Waals surface area contributed by atoms with E-state index in [2.05, 4.69) is 25.3 Å². The lowest BCUT2D eigenvalue weighted by molar-refractivity contribution is 0.632. The van der Waals surface area contributed by atoms with E-state index in [1.165, 1.54) is 36.7 Å². The number of anilines is 3. The van der Waals surface area contributed by atoms with E-state index in [9.17, 15) is 8.78 Å². The van der Waals surface area contributed by atoms with Gasteiger partial charge in [0.15, 0.2) is 11.6 Å². The van der Waals surface area contributed by atoms with Gasteiger partial charge in [-0.25, -0.2) is 28.7 Å². The second-order valence-electron chi connectivity index (χ2n) is 5.97. The van der Waals surface area contributed by atoms with Crippen molar-refractivity contribution in [2.45, 2.75) is 0 Å². The van der Waals surface area contributed by atoms with Gasteiger partial charge in [0.05, 0.1) is 31.5 Å². The molecule has 0 saturated heterocycles. The number of benzene rings is 2. The summed E-state index contributed by atoms with van der Waals surface area (Å²) >= 11 is 38.5. The summed E-state index contributed by atoms with van der Waals surface area (Å²) in [6.07, 6.45) is 2.95. The van der Waals surface area contributed by atoms with Gasteiger partial charge in [0.1, 0.15) is 11.0 Å². The molecule has 0 amide bonds. The van der Waals surface area contributed by atoms with Crippen LogP contribution in [0, 0.1) is 11.6 Å². The molecule has 4 rings (SSSR count). The van der Waals surface area contributed by atoms with Crippen LogP contribution in [0.5, 0.6) is 0 Å². The highest BCUT2D eigenvalue weighted by Crippen LogP contribution is 2.31. The quantitative estimate of drug-likeness (QED) is 0.101. The average Bonchev–Trinajstić information content (AvgIpc) is 2.81. The fourth-order valence-corrected chi connectivity index (χ4v) is 3.12. The van der Waals surface area contributed by atoms with Crippen LogP contribution in [-0.4, -0.2) is 19.9 Å². The van der Waals surface area contributed by atoms with Gasteiger partial charge < -0.3 is 11.1 Å². The van der Waals surface area contributed by atoms with Gasteiger partial charge in [0, 0.05) is 12.4 Å². The molecule has 0 saturated carbocycles. The average molecular weight is 622 g/mol. The van der Waals surface area contributed by atoms with E-state index in [4.69, 9.17) is 86.9 Å². The number of halogens is 9. The first-order valence-electron chi connectivity index (χ1n) is 8.91. The van der Waals surface area contributed by atoms with Crippen LogP contribution in [0.2, 0.25) is 35.8 Å². The summed E-state index contributed by atoms with van der Waals surface area (Å²) in [5, 5.41) is 3.39. The van der Waals surface area contributed by atoms with E-state index in [1.807, 2.05) is 0 Å². The zero-order valence-electron chi connectivity index (χ0n) is 16.9. The van der Waals surface area contributed by atoms with Crippen LogP contribution in [0.3, 0.4) is 0 Å². The summed E-state index contributed by atoms with van der Waals surface area (Å²) in [7, 11) is 0. The number of hydrogen-bond donors (Lipinski definition) is 2. The number of hydrogen-bond acceptors (Lipinski definition) is 6. The predicted octanol–water partition coefficient (Wildman–Crippen LogP) is 8.82. The van der Waals surface area contributed by atoms with Crippen LogP contribution in [0.4, 0.5) is 26.0 Å². The first-order valence-corrected chi connectivity index (χ1v) is 11.6. The van der Waals surface area contributed by atoms with E-state index in [1.54, 1.807) is 12.1 Å². The zero-order chi connectivity index (χ0) is 26.1. The van der Waals surface area contributed by atoms with Gasteiger partial charge in [-0.3, -0.25) is 0 Å². The molecule has 35 heavy (non-hydrogen) atoms. The Morgan fingerprint density at radius 1 is 0.657 bits per heavy atom. The fraction of sp³-hybridized carbons (Fsp3) is 0. The molecule has 0 aliphatic carbocycles. The molecule has 4 aromatic rings. The highest BCUT2D eigenvalue weighted by molar-refractivity contribution is 6.42. The molecule has 0 spiro atoms. The lowest BCUT2D eigenvalue weighted by Crippen LogP contribution is -1.97. The molecule has 0 aliphatic rings. The van der Waals surface area contributed by atoms with Gasteiger partial charge in [0.2, 0.25) is 10.6 Å². The minimum Gasteiger partial charge on any atom is -0.396 e. The van der Waals surface area contributed by atoms with E-state index < -0.39 is 11.6 Å². The van der Waals surface area contributed by atoms with Crippen LogP contribution >= 0.6 is 81.2 Å². The van der Waals surface area contributed by atoms with Crippen molar-refractivity contribution in [3.63, 3.8) is 0 Å². The minimum atomic E-state index is -0.658. The van der Waals surface area contributed by atoms with Gasteiger partial charge in [-0.2, -0.15) is 0 Å². The van der Waals surface area contributed by atoms with Crippen LogP contribution < -0.4 is 11.1 Å². The summed E-state index contributed by atoms with van der Waals surface area (Å²) in [5.41, 5.74) is 5.34. The SMILES string of the molecule is Clc1ccnc(Cl)n1.Fc1c(Nc2ccnc(Cl)n2)ccc(Cl)c1Cl.Nc1ccc(Cl)c(Cl)c1F. The molecule has 2 heterocycles. The lowest BCUT2D eigenvalue weighted by atomic mass is 10.3. The van der Waals surface area contributed by atoms with Crippen molar-refractivity contribution in [2.24, 2.45) is 0 Å². The maximum atomic E-state index is 13.7. The molecule has 15 heteroatoms. The number of rotatable bonds is 2. The van der Waals surface area contributed by atoms with E-state index in [0.717, 1.165) is 0 Å². The van der Waals surface area contributed by atoms with Gasteiger partial charge in [0.25, 0.3) is 0 Å². The van der Waals surface area contributed by atoms with Gasteiger partial charge in [-0.15, -0.1) is 0 Å². The Labute approximate surface area is 233 Å². The summed E-state index contributed by atoms with van der Waals surface area (Å²) in [6, 6.07) is 8.87. The predicted molar refractivity (Wildman–Crippen MR) is 140 cm³/mol. The van der Waals surface area contributed by atoms with Crippen LogP contribution in [0.1, 0.15) is 0 Å². The standard InChI is InChI=1S/C10H5Cl3FN3.C6H4Cl2FN.C4H2Cl2N2/c11-5-1-2-6(9(14)8(5)12)16-7-3-4-15-10(13)17-7;7-3-1-2-4(10)6(9)5(3)8;5-3-1-2-7-4(6)8-3/h1-4H,(H,15,16,17);1-2H,10H2;1-2H. The third-order valence-electron chi connectivity index (χ3n) is 3.58. The van der Waals surface area contributed by atoms with Crippen LogP contribution in [0.25, 0.3) is 0 Å². The summed E-state index contributed by atoms with van der Waals surface area (Å²) in [5.74, 6) is -0.939. The Morgan fingerprint density at radius 2 is 1.20 bits per heavy atom. The van der Waals surface area contributed by atoms with Crippen LogP contribution in [-0.2, 0) is 0 Å². The van der Waals surface area contributed by atoms with Crippen molar-refractivity contribution >= 4 is 98.4 Å². The molecule has 6 nitrogen and oxygen atoms in total. The highest BCUT2D eigenvalue weighted by atomic mass is 35.5. The van der Waals surface area contributed by atoms with Crippen molar-refractivity contribution in [1.82, 2.24) is 19.9 Å². The van der Waals surface area contributed by atoms with Gasteiger partial charge in [-0.05, 0) is 59.6 Å². The summed E-state index contributed by atoms with van der Waals surface area (Å²) in [6.45, 7) is 0. The van der Waals surface area contributed by atoms with Gasteiger partial charge >= 0.3 is 0 Å². The fourth-order valence-electron chi connectivity index (χ4n) is 2.02. The minimum absolute atomic E-state index is 0.00870. The molecule has 3 N–H and O–H groups in total. The smallest absolute Gasteiger partial charge is 0.224 e. The zero-order valence-corrected chi connectivity index (χ0v) is 22.2. The molecule has 2 aromatic heterocycles. The van der Waals surface area contributed by atoms with Crippen molar-refractivity contribution in [3.05, 3.63) is 96.2 Å². The number of aromatic nitrogens is 4. The number of nitrogen functional groups attached to an aromatic ring is 1. The Bertz CT molecular complexity index is 1270. The normalized spacial score (nSPS) is 9.97. The number of nitrogens with zero attached hydrogens (tertiary/aromatic N) is 4. The molecular formula is C20H11Cl7F2N6. The molecule has 184 valence electrons. The second kappa shape index (κ2) is 14.0. The van der Waals surface area contributed by atoms with Crippen molar-refractivity contribution in [1.29, 1.82) is 0 Å². The molecule has 0 unspecified atom stereocenters. The summed E-state index contributed by atoms with van der Waals surface area (Å²) in [4.78, 5) is 14.8. The summed E-state index contributed by atoms with van der Waals surface area (Å²) < 4.78 is 26.3. The van der Waals surface area contributed by atoms with E-state index in [-0.39, 0.29) is 42.0 Å². The van der Waals surface area contributed by atoms with E-state index >= 15 is 0 Å². The Balaban J connectivity index is 0.000000204. The maximum absolute atomic E-state index is 13.7. The molecular weight excluding hydrogens is 610 g/mol. The maximum Gasteiger partial charge on any atom is 0.224 e. The third kappa shape index (κ3) is 9.24. The topological polar surface area (TPSA) is 89.6 Å².